The van der Waals surface area contributed by atoms with Gasteiger partial charge in [0.2, 0.25) is 5.91 Å². The van der Waals surface area contributed by atoms with Crippen molar-refractivity contribution in [1.82, 2.24) is 9.80 Å². The van der Waals surface area contributed by atoms with Crippen molar-refractivity contribution in [3.05, 3.63) is 30.3 Å². The summed E-state index contributed by atoms with van der Waals surface area (Å²) in [6, 6.07) is 11.4. The molecule has 154 valence electrons. The van der Waals surface area contributed by atoms with Gasteiger partial charge in [-0.15, -0.1) is 0 Å². The van der Waals surface area contributed by atoms with E-state index >= 15 is 0 Å². The number of carbonyl (C=O) groups excluding carboxylic acids is 1. The first-order chi connectivity index (χ1) is 13.6. The van der Waals surface area contributed by atoms with Crippen molar-refractivity contribution >= 4 is 11.6 Å². The molecular weight excluding hydrogens is 354 g/mol. The third-order valence-electron chi connectivity index (χ3n) is 6.37. The number of ether oxygens (including phenoxy) is 2. The summed E-state index contributed by atoms with van der Waals surface area (Å²) in [5, 5.41) is 0. The summed E-state index contributed by atoms with van der Waals surface area (Å²) < 4.78 is 12.0. The molecule has 3 fully saturated rings. The van der Waals surface area contributed by atoms with Gasteiger partial charge in [-0.1, -0.05) is 18.2 Å². The third kappa shape index (κ3) is 4.19. The second-order valence-corrected chi connectivity index (χ2v) is 8.66. The summed E-state index contributed by atoms with van der Waals surface area (Å²) in [6.07, 6.45) is 2.33. The number of para-hydroxylation sites is 1. The van der Waals surface area contributed by atoms with Crippen molar-refractivity contribution in [2.24, 2.45) is 0 Å². The first kappa shape index (κ1) is 19.7. The summed E-state index contributed by atoms with van der Waals surface area (Å²) in [7, 11) is 0. The molecule has 1 spiro atoms. The van der Waals surface area contributed by atoms with Crippen LogP contribution in [0.25, 0.3) is 0 Å². The molecule has 6 heteroatoms. The van der Waals surface area contributed by atoms with E-state index in [9.17, 15) is 4.79 Å². The van der Waals surface area contributed by atoms with E-state index in [4.69, 9.17) is 9.47 Å². The lowest BCUT2D eigenvalue weighted by molar-refractivity contribution is -0.152. The van der Waals surface area contributed by atoms with Gasteiger partial charge in [0.05, 0.1) is 19.8 Å². The van der Waals surface area contributed by atoms with E-state index in [0.717, 1.165) is 26.2 Å². The molecule has 0 radical (unpaired) electrons. The topological polar surface area (TPSA) is 45.2 Å². The molecule has 3 aliphatic heterocycles. The Labute approximate surface area is 168 Å². The summed E-state index contributed by atoms with van der Waals surface area (Å²) in [6.45, 7) is 10.1. The minimum Gasteiger partial charge on any atom is -0.371 e. The fourth-order valence-corrected chi connectivity index (χ4v) is 4.82. The van der Waals surface area contributed by atoms with Crippen LogP contribution in [-0.4, -0.2) is 85.9 Å². The maximum absolute atomic E-state index is 12.4. The van der Waals surface area contributed by atoms with Gasteiger partial charge in [0.1, 0.15) is 12.2 Å². The van der Waals surface area contributed by atoms with Crippen LogP contribution in [-0.2, 0) is 14.3 Å². The van der Waals surface area contributed by atoms with Crippen molar-refractivity contribution in [2.75, 3.05) is 57.4 Å². The lowest BCUT2D eigenvalue weighted by Gasteiger charge is -2.48. The fraction of sp³-hybridized carbons (Fsp3) is 0.682. The monoisotopic (exact) mass is 387 g/mol. The van der Waals surface area contributed by atoms with Crippen molar-refractivity contribution in [2.45, 2.75) is 44.4 Å². The number of benzene rings is 1. The van der Waals surface area contributed by atoms with Gasteiger partial charge >= 0.3 is 0 Å². The minimum absolute atomic E-state index is 0.0729. The van der Waals surface area contributed by atoms with Crippen molar-refractivity contribution in [1.29, 1.82) is 0 Å². The largest absolute Gasteiger partial charge is 0.371 e. The predicted octanol–water partition coefficient (Wildman–Crippen LogP) is 1.99. The van der Waals surface area contributed by atoms with E-state index in [2.05, 4.69) is 54.0 Å². The second-order valence-electron chi connectivity index (χ2n) is 8.66. The zero-order chi connectivity index (χ0) is 19.6. The number of piperidine rings is 1. The summed E-state index contributed by atoms with van der Waals surface area (Å²) in [5.74, 6) is 0.0729. The highest BCUT2D eigenvalue weighted by molar-refractivity contribution is 5.78. The molecule has 0 N–H and O–H groups in total. The Hall–Kier alpha value is -1.63. The van der Waals surface area contributed by atoms with Gasteiger partial charge in [-0.25, -0.2) is 0 Å². The van der Waals surface area contributed by atoms with Gasteiger partial charge in [-0.3, -0.25) is 9.69 Å². The highest BCUT2D eigenvalue weighted by atomic mass is 16.5. The predicted molar refractivity (Wildman–Crippen MR) is 110 cm³/mol. The molecule has 6 nitrogen and oxygen atoms in total. The Bertz CT molecular complexity index is 660. The molecule has 0 saturated carbocycles. The van der Waals surface area contributed by atoms with Gasteiger partial charge in [0.15, 0.2) is 0 Å². The number of hydrogen-bond acceptors (Lipinski definition) is 5. The maximum atomic E-state index is 12.4. The van der Waals surface area contributed by atoms with Crippen LogP contribution in [0, 0.1) is 0 Å². The van der Waals surface area contributed by atoms with E-state index in [0.29, 0.717) is 25.8 Å². The SMILES string of the molecule is CC(C)N1CC2(COCC1=O)CN(C1CCN(c3ccccc3)CC1)CCO2. The first-order valence-corrected chi connectivity index (χ1v) is 10.6. The van der Waals surface area contributed by atoms with Crippen LogP contribution in [0.1, 0.15) is 26.7 Å². The average Bonchev–Trinajstić information content (AvgIpc) is 2.88. The van der Waals surface area contributed by atoms with Crippen LogP contribution >= 0.6 is 0 Å². The Morgan fingerprint density at radius 3 is 2.54 bits per heavy atom. The Morgan fingerprint density at radius 1 is 1.07 bits per heavy atom. The number of hydrogen-bond donors (Lipinski definition) is 0. The van der Waals surface area contributed by atoms with Gasteiger partial charge < -0.3 is 19.3 Å². The molecule has 0 bridgehead atoms. The number of anilines is 1. The number of nitrogens with zero attached hydrogens (tertiary/aromatic N) is 3. The average molecular weight is 388 g/mol. The van der Waals surface area contributed by atoms with Crippen molar-refractivity contribution in [3.63, 3.8) is 0 Å². The van der Waals surface area contributed by atoms with E-state index < -0.39 is 5.60 Å². The molecule has 1 amide bonds. The normalized spacial score (nSPS) is 28.2. The maximum Gasteiger partial charge on any atom is 0.248 e. The zero-order valence-corrected chi connectivity index (χ0v) is 17.2. The van der Waals surface area contributed by atoms with E-state index in [1.807, 2.05) is 4.90 Å². The molecule has 1 atom stereocenters. The first-order valence-electron chi connectivity index (χ1n) is 10.6. The summed E-state index contributed by atoms with van der Waals surface area (Å²) >= 11 is 0. The Balaban J connectivity index is 1.39. The molecule has 3 aliphatic rings. The molecule has 3 heterocycles. The van der Waals surface area contributed by atoms with Crippen LogP contribution in [0.2, 0.25) is 0 Å². The zero-order valence-electron chi connectivity index (χ0n) is 17.2. The van der Waals surface area contributed by atoms with Crippen molar-refractivity contribution in [3.8, 4) is 0 Å². The Kier molecular flexibility index (Phi) is 5.90. The third-order valence-corrected chi connectivity index (χ3v) is 6.37. The van der Waals surface area contributed by atoms with Crippen LogP contribution in [0.4, 0.5) is 5.69 Å². The quantitative estimate of drug-likeness (QED) is 0.794. The van der Waals surface area contributed by atoms with Gasteiger partial charge in [0, 0.05) is 44.0 Å². The molecule has 4 rings (SSSR count). The van der Waals surface area contributed by atoms with E-state index in [1.54, 1.807) is 0 Å². The molecule has 1 unspecified atom stereocenters. The lowest BCUT2D eigenvalue weighted by Crippen LogP contribution is -2.62. The number of carbonyl (C=O) groups is 1. The molecule has 3 saturated heterocycles. The van der Waals surface area contributed by atoms with Gasteiger partial charge in [0.25, 0.3) is 0 Å². The number of morpholine rings is 1. The summed E-state index contributed by atoms with van der Waals surface area (Å²) in [5.41, 5.74) is 0.924. The lowest BCUT2D eigenvalue weighted by atomic mass is 9.96. The van der Waals surface area contributed by atoms with Crippen LogP contribution < -0.4 is 4.90 Å². The molecule has 0 aromatic heterocycles. The molecular formula is C22H33N3O3. The van der Waals surface area contributed by atoms with Gasteiger partial charge in [-0.2, -0.15) is 0 Å². The Morgan fingerprint density at radius 2 is 1.82 bits per heavy atom. The van der Waals surface area contributed by atoms with E-state index in [1.165, 1.54) is 18.5 Å². The van der Waals surface area contributed by atoms with Gasteiger partial charge in [-0.05, 0) is 38.8 Å². The highest BCUT2D eigenvalue weighted by Gasteiger charge is 2.44. The van der Waals surface area contributed by atoms with E-state index in [-0.39, 0.29) is 18.6 Å². The molecule has 0 aliphatic carbocycles. The van der Waals surface area contributed by atoms with Crippen LogP contribution in [0.5, 0.6) is 0 Å². The smallest absolute Gasteiger partial charge is 0.248 e. The van der Waals surface area contributed by atoms with Crippen LogP contribution in [0.15, 0.2) is 30.3 Å². The highest BCUT2D eigenvalue weighted by Crippen LogP contribution is 2.29. The fourth-order valence-electron chi connectivity index (χ4n) is 4.82. The number of rotatable bonds is 3. The molecule has 1 aromatic rings. The number of amides is 1. The molecule has 1 aromatic carbocycles. The summed E-state index contributed by atoms with van der Waals surface area (Å²) in [4.78, 5) is 19.4. The standard InChI is InChI=1S/C22H33N3O3/c1-18(2)25-16-22(17-27-14-21(25)26)15-24(12-13-28-22)20-8-10-23(11-9-20)19-6-4-3-5-7-19/h3-7,18,20H,8-17H2,1-2H3. The van der Waals surface area contributed by atoms with Crippen molar-refractivity contribution < 1.29 is 14.3 Å². The minimum atomic E-state index is -0.398. The van der Waals surface area contributed by atoms with Crippen LogP contribution in [0.3, 0.4) is 0 Å². The molecule has 28 heavy (non-hydrogen) atoms. The second kappa shape index (κ2) is 8.39.